The third kappa shape index (κ3) is 4.85. The maximum atomic E-state index is 12.3. The van der Waals surface area contributed by atoms with Crippen LogP contribution in [0.4, 0.5) is 0 Å². The summed E-state index contributed by atoms with van der Waals surface area (Å²) in [5.74, 6) is 0.639. The van der Waals surface area contributed by atoms with E-state index in [4.69, 9.17) is 9.47 Å². The van der Waals surface area contributed by atoms with Crippen molar-refractivity contribution in [3.8, 4) is 17.6 Å². The fourth-order valence-electron chi connectivity index (χ4n) is 2.38. The van der Waals surface area contributed by atoms with Crippen LogP contribution in [0.1, 0.15) is 11.1 Å². The van der Waals surface area contributed by atoms with E-state index in [1.807, 2.05) is 36.4 Å². The molecule has 0 bridgehead atoms. The van der Waals surface area contributed by atoms with Crippen LogP contribution >= 0.6 is 0 Å². The zero-order chi connectivity index (χ0) is 18.1. The van der Waals surface area contributed by atoms with E-state index >= 15 is 0 Å². The zero-order valence-corrected chi connectivity index (χ0v) is 14.3. The molecule has 128 valence electrons. The van der Waals surface area contributed by atoms with E-state index < -0.39 is 5.91 Å². The summed E-state index contributed by atoms with van der Waals surface area (Å²) < 4.78 is 10.6. The number of nitrogens with one attached hydrogen (secondary N) is 1. The fourth-order valence-corrected chi connectivity index (χ4v) is 2.38. The van der Waals surface area contributed by atoms with Crippen LogP contribution in [-0.2, 0) is 11.2 Å². The minimum Gasteiger partial charge on any atom is -0.496 e. The van der Waals surface area contributed by atoms with Gasteiger partial charge in [0.05, 0.1) is 19.8 Å². The molecule has 0 heterocycles. The van der Waals surface area contributed by atoms with Crippen molar-refractivity contribution in [2.24, 2.45) is 0 Å². The second kappa shape index (κ2) is 9.14. The first-order valence-corrected chi connectivity index (χ1v) is 7.84. The number of carbonyl (C=O) groups is 1. The Morgan fingerprint density at radius 2 is 1.72 bits per heavy atom. The Hall–Kier alpha value is -3.26. The Morgan fingerprint density at radius 3 is 2.28 bits per heavy atom. The number of nitriles is 1. The van der Waals surface area contributed by atoms with E-state index in [-0.39, 0.29) is 5.57 Å². The van der Waals surface area contributed by atoms with Gasteiger partial charge in [-0.25, -0.2) is 0 Å². The molecule has 0 aromatic heterocycles. The van der Waals surface area contributed by atoms with E-state index in [0.717, 1.165) is 5.56 Å². The van der Waals surface area contributed by atoms with Crippen molar-refractivity contribution in [1.82, 2.24) is 5.32 Å². The van der Waals surface area contributed by atoms with Gasteiger partial charge in [-0.3, -0.25) is 4.79 Å². The Balaban J connectivity index is 2.12. The van der Waals surface area contributed by atoms with Gasteiger partial charge in [0.15, 0.2) is 0 Å². The van der Waals surface area contributed by atoms with E-state index in [2.05, 4.69) is 5.32 Å². The van der Waals surface area contributed by atoms with Crippen LogP contribution in [0.3, 0.4) is 0 Å². The van der Waals surface area contributed by atoms with Crippen LogP contribution in [-0.4, -0.2) is 26.7 Å². The predicted molar refractivity (Wildman–Crippen MR) is 96.3 cm³/mol. The number of carbonyl (C=O) groups excluding carboxylic acids is 1. The van der Waals surface area contributed by atoms with Gasteiger partial charge in [0.25, 0.3) is 5.91 Å². The average Bonchev–Trinajstić information content (AvgIpc) is 2.66. The van der Waals surface area contributed by atoms with E-state index in [1.54, 1.807) is 18.2 Å². The molecule has 0 radical (unpaired) electrons. The van der Waals surface area contributed by atoms with Crippen molar-refractivity contribution in [3.63, 3.8) is 0 Å². The molecule has 0 aliphatic carbocycles. The lowest BCUT2D eigenvalue weighted by Gasteiger charge is -2.10. The topological polar surface area (TPSA) is 71.3 Å². The number of hydrogen-bond acceptors (Lipinski definition) is 4. The first kappa shape index (κ1) is 18.1. The second-order valence-corrected chi connectivity index (χ2v) is 5.24. The van der Waals surface area contributed by atoms with Gasteiger partial charge in [-0.15, -0.1) is 0 Å². The number of benzene rings is 2. The summed E-state index contributed by atoms with van der Waals surface area (Å²) in [7, 11) is 3.05. The molecule has 2 aromatic rings. The normalized spacial score (nSPS) is 10.7. The molecule has 5 nitrogen and oxygen atoms in total. The van der Waals surface area contributed by atoms with Crippen LogP contribution in [0, 0.1) is 11.3 Å². The number of methoxy groups -OCH3 is 2. The van der Waals surface area contributed by atoms with E-state index in [1.165, 1.54) is 20.3 Å². The van der Waals surface area contributed by atoms with Gasteiger partial charge in [-0.1, -0.05) is 36.4 Å². The van der Waals surface area contributed by atoms with Gasteiger partial charge < -0.3 is 14.8 Å². The summed E-state index contributed by atoms with van der Waals surface area (Å²) in [6, 6.07) is 17.0. The fraction of sp³-hybridized carbons (Fsp3) is 0.200. The molecule has 0 aliphatic rings. The third-order valence-electron chi connectivity index (χ3n) is 3.66. The minimum absolute atomic E-state index is 0.00383. The maximum Gasteiger partial charge on any atom is 0.261 e. The smallest absolute Gasteiger partial charge is 0.261 e. The Labute approximate surface area is 147 Å². The number of nitrogens with zero attached hydrogens (tertiary/aromatic N) is 1. The lowest BCUT2D eigenvalue weighted by molar-refractivity contribution is -0.117. The summed E-state index contributed by atoms with van der Waals surface area (Å²) in [5, 5.41) is 12.1. The molecule has 0 atom stereocenters. The van der Waals surface area contributed by atoms with Gasteiger partial charge in [0.1, 0.15) is 23.1 Å². The van der Waals surface area contributed by atoms with Gasteiger partial charge in [-0.05, 0) is 30.2 Å². The molecule has 2 rings (SSSR count). The highest BCUT2D eigenvalue weighted by molar-refractivity contribution is 6.02. The molecule has 0 unspecified atom stereocenters. The highest BCUT2D eigenvalue weighted by Crippen LogP contribution is 2.30. The average molecular weight is 336 g/mol. The van der Waals surface area contributed by atoms with Crippen molar-refractivity contribution in [1.29, 1.82) is 5.26 Å². The lowest BCUT2D eigenvalue weighted by atomic mass is 10.1. The molecule has 5 heteroatoms. The summed E-state index contributed by atoms with van der Waals surface area (Å²) in [5.41, 5.74) is 1.68. The second-order valence-electron chi connectivity index (χ2n) is 5.24. The van der Waals surface area contributed by atoms with Crippen LogP contribution in [0.15, 0.2) is 54.1 Å². The molecular weight excluding hydrogens is 316 g/mol. The third-order valence-corrected chi connectivity index (χ3v) is 3.66. The minimum atomic E-state index is -0.425. The largest absolute Gasteiger partial charge is 0.496 e. The Morgan fingerprint density at radius 1 is 1.08 bits per heavy atom. The van der Waals surface area contributed by atoms with Gasteiger partial charge >= 0.3 is 0 Å². The number of ether oxygens (including phenoxy) is 2. The highest BCUT2D eigenvalue weighted by Gasteiger charge is 2.13. The quantitative estimate of drug-likeness (QED) is 0.623. The molecule has 0 saturated heterocycles. The maximum absolute atomic E-state index is 12.3. The van der Waals surface area contributed by atoms with Crippen molar-refractivity contribution in [2.45, 2.75) is 6.42 Å². The molecule has 25 heavy (non-hydrogen) atoms. The molecule has 0 saturated carbocycles. The number of rotatable bonds is 7. The summed E-state index contributed by atoms with van der Waals surface area (Å²) in [4.78, 5) is 12.3. The highest BCUT2D eigenvalue weighted by atomic mass is 16.5. The molecule has 0 fully saturated rings. The Bertz CT molecular complexity index is 770. The molecule has 2 aromatic carbocycles. The lowest BCUT2D eigenvalue weighted by Crippen LogP contribution is -2.26. The van der Waals surface area contributed by atoms with Crippen LogP contribution in [0.25, 0.3) is 6.08 Å². The number of hydrogen-bond donors (Lipinski definition) is 1. The first-order chi connectivity index (χ1) is 12.2. The monoisotopic (exact) mass is 336 g/mol. The Kier molecular flexibility index (Phi) is 6.61. The van der Waals surface area contributed by atoms with Crippen molar-refractivity contribution in [2.75, 3.05) is 20.8 Å². The summed E-state index contributed by atoms with van der Waals surface area (Å²) in [6.45, 7) is 0.449. The predicted octanol–water partition coefficient (Wildman–Crippen LogP) is 2.97. The van der Waals surface area contributed by atoms with Crippen molar-refractivity contribution < 1.29 is 14.3 Å². The van der Waals surface area contributed by atoms with Gasteiger partial charge in [-0.2, -0.15) is 5.26 Å². The molecular formula is C20H20N2O3. The van der Waals surface area contributed by atoms with Gasteiger partial charge in [0.2, 0.25) is 0 Å². The van der Waals surface area contributed by atoms with Crippen LogP contribution in [0.2, 0.25) is 0 Å². The standard InChI is InChI=1S/C20H20N2O3/c1-24-18-9-6-10-19(25-2)17(18)13-16(14-21)20(23)22-12-11-15-7-4-3-5-8-15/h3-10,13H,11-12H2,1-2H3,(H,22,23)/b16-13+. The van der Waals surface area contributed by atoms with Crippen molar-refractivity contribution in [3.05, 3.63) is 65.2 Å². The number of amides is 1. The van der Waals surface area contributed by atoms with E-state index in [9.17, 15) is 10.1 Å². The van der Waals surface area contributed by atoms with E-state index in [0.29, 0.717) is 30.0 Å². The van der Waals surface area contributed by atoms with Gasteiger partial charge in [0, 0.05) is 6.54 Å². The van der Waals surface area contributed by atoms with Crippen LogP contribution in [0.5, 0.6) is 11.5 Å². The molecule has 0 aliphatic heterocycles. The molecule has 1 N–H and O–H groups in total. The van der Waals surface area contributed by atoms with Crippen molar-refractivity contribution >= 4 is 12.0 Å². The SMILES string of the molecule is COc1cccc(OC)c1/C=C(\C#N)C(=O)NCCc1ccccc1. The zero-order valence-electron chi connectivity index (χ0n) is 14.3. The molecule has 0 spiro atoms. The van der Waals surface area contributed by atoms with Crippen LogP contribution < -0.4 is 14.8 Å². The summed E-state index contributed by atoms with van der Waals surface area (Å²) >= 11 is 0. The molecule has 1 amide bonds. The first-order valence-electron chi connectivity index (χ1n) is 7.84. The summed E-state index contributed by atoms with van der Waals surface area (Å²) in [6.07, 6.45) is 2.18.